The fourth-order valence-corrected chi connectivity index (χ4v) is 2.36. The number of hydrogen-bond acceptors (Lipinski definition) is 4. The van der Waals surface area contributed by atoms with Crippen LogP contribution in [-0.4, -0.2) is 59.9 Å². The molecule has 2 N–H and O–H groups in total. The van der Waals surface area contributed by atoms with E-state index < -0.39 is 0 Å². The molecule has 6 heteroatoms. The Morgan fingerprint density at radius 3 is 2.84 bits per heavy atom. The van der Waals surface area contributed by atoms with E-state index in [2.05, 4.69) is 20.6 Å². The highest BCUT2D eigenvalue weighted by molar-refractivity contribution is 5.94. The van der Waals surface area contributed by atoms with Gasteiger partial charge in [0.2, 0.25) is 0 Å². The Hall–Kier alpha value is -1.40. The Balaban J connectivity index is 1.67. The molecule has 1 fully saturated rings. The van der Waals surface area contributed by atoms with Gasteiger partial charge in [0.1, 0.15) is 0 Å². The first-order chi connectivity index (χ1) is 9.16. The molecule has 0 unspecified atom stereocenters. The summed E-state index contributed by atoms with van der Waals surface area (Å²) in [6.45, 7) is 7.98. The summed E-state index contributed by atoms with van der Waals surface area (Å²) >= 11 is 0. The van der Waals surface area contributed by atoms with Crippen LogP contribution in [0.4, 0.5) is 0 Å². The van der Waals surface area contributed by atoms with E-state index >= 15 is 0 Å². The van der Waals surface area contributed by atoms with Crippen molar-refractivity contribution in [3.8, 4) is 0 Å². The second-order valence-corrected chi connectivity index (χ2v) is 5.00. The summed E-state index contributed by atoms with van der Waals surface area (Å²) in [4.78, 5) is 14.4. The van der Waals surface area contributed by atoms with Crippen molar-refractivity contribution in [1.29, 1.82) is 0 Å². The summed E-state index contributed by atoms with van der Waals surface area (Å²) in [7, 11) is 1.83. The first-order valence-corrected chi connectivity index (χ1v) is 6.88. The number of piperazine rings is 1. The monoisotopic (exact) mass is 265 g/mol. The van der Waals surface area contributed by atoms with Gasteiger partial charge in [-0.1, -0.05) is 0 Å². The molecule has 0 atom stereocenters. The van der Waals surface area contributed by atoms with Crippen LogP contribution in [0.3, 0.4) is 0 Å². The number of aromatic nitrogens is 2. The van der Waals surface area contributed by atoms with Crippen molar-refractivity contribution >= 4 is 5.91 Å². The van der Waals surface area contributed by atoms with Gasteiger partial charge in [-0.2, -0.15) is 5.10 Å². The molecular formula is C13H23N5O. The lowest BCUT2D eigenvalue weighted by molar-refractivity contribution is 0.0950. The van der Waals surface area contributed by atoms with Gasteiger partial charge in [0.15, 0.2) is 0 Å². The van der Waals surface area contributed by atoms with Gasteiger partial charge in [0.05, 0.1) is 11.3 Å². The van der Waals surface area contributed by atoms with Gasteiger partial charge < -0.3 is 15.5 Å². The molecule has 0 radical (unpaired) electrons. The zero-order valence-electron chi connectivity index (χ0n) is 11.8. The number of carbonyl (C=O) groups is 1. The van der Waals surface area contributed by atoms with Crippen LogP contribution >= 0.6 is 0 Å². The first kappa shape index (κ1) is 14.0. The summed E-state index contributed by atoms with van der Waals surface area (Å²) in [6.07, 6.45) is 2.76. The van der Waals surface area contributed by atoms with Crippen LogP contribution in [0.2, 0.25) is 0 Å². The Labute approximate surface area is 114 Å². The quantitative estimate of drug-likeness (QED) is 0.721. The minimum atomic E-state index is -0.0223. The van der Waals surface area contributed by atoms with Crippen LogP contribution < -0.4 is 10.6 Å². The minimum absolute atomic E-state index is 0.0223. The molecule has 2 rings (SSSR count). The van der Waals surface area contributed by atoms with Crippen LogP contribution in [0.5, 0.6) is 0 Å². The van der Waals surface area contributed by atoms with Crippen LogP contribution in [0, 0.1) is 6.92 Å². The van der Waals surface area contributed by atoms with Gasteiger partial charge in [-0.15, -0.1) is 0 Å². The van der Waals surface area contributed by atoms with Crippen molar-refractivity contribution in [3.63, 3.8) is 0 Å². The predicted molar refractivity (Wildman–Crippen MR) is 74.2 cm³/mol. The zero-order valence-corrected chi connectivity index (χ0v) is 11.8. The SMILES string of the molecule is Cc1nn(C)cc1C(=O)NCCCN1CCNCC1. The van der Waals surface area contributed by atoms with Crippen molar-refractivity contribution in [3.05, 3.63) is 17.5 Å². The Morgan fingerprint density at radius 2 is 2.21 bits per heavy atom. The number of amides is 1. The summed E-state index contributed by atoms with van der Waals surface area (Å²) in [5, 5.41) is 10.5. The normalized spacial score (nSPS) is 16.5. The predicted octanol–water partition coefficient (Wildman–Crippen LogP) is -0.246. The lowest BCUT2D eigenvalue weighted by Crippen LogP contribution is -2.44. The molecule has 19 heavy (non-hydrogen) atoms. The summed E-state index contributed by atoms with van der Waals surface area (Å²) in [6, 6.07) is 0. The minimum Gasteiger partial charge on any atom is -0.352 e. The number of carbonyl (C=O) groups excluding carboxylic acids is 1. The molecule has 106 valence electrons. The molecule has 1 aliphatic rings. The van der Waals surface area contributed by atoms with E-state index in [1.165, 1.54) is 0 Å². The standard InChI is InChI=1S/C13H23N5O/c1-11-12(10-17(2)16-11)13(19)15-4-3-7-18-8-5-14-6-9-18/h10,14H,3-9H2,1-2H3,(H,15,19). The van der Waals surface area contributed by atoms with Gasteiger partial charge in [-0.3, -0.25) is 9.48 Å². The third-order valence-electron chi connectivity index (χ3n) is 3.40. The molecule has 0 aromatic carbocycles. The molecule has 0 saturated carbocycles. The van der Waals surface area contributed by atoms with Gasteiger partial charge in [-0.05, 0) is 19.9 Å². The van der Waals surface area contributed by atoms with Crippen molar-refractivity contribution in [1.82, 2.24) is 25.3 Å². The number of nitrogens with one attached hydrogen (secondary N) is 2. The highest BCUT2D eigenvalue weighted by atomic mass is 16.1. The Kier molecular flexibility index (Phi) is 4.93. The second kappa shape index (κ2) is 6.68. The molecule has 6 nitrogen and oxygen atoms in total. The molecule has 1 amide bonds. The van der Waals surface area contributed by atoms with Crippen LogP contribution in [0.15, 0.2) is 6.20 Å². The third-order valence-corrected chi connectivity index (χ3v) is 3.40. The molecule has 1 aliphatic heterocycles. The van der Waals surface area contributed by atoms with E-state index in [4.69, 9.17) is 0 Å². The maximum Gasteiger partial charge on any atom is 0.254 e. The lowest BCUT2D eigenvalue weighted by atomic mass is 10.2. The topological polar surface area (TPSA) is 62.2 Å². The highest BCUT2D eigenvalue weighted by Gasteiger charge is 2.12. The molecular weight excluding hydrogens is 242 g/mol. The molecule has 0 bridgehead atoms. The summed E-state index contributed by atoms with van der Waals surface area (Å²) < 4.78 is 1.67. The lowest BCUT2D eigenvalue weighted by Gasteiger charge is -2.27. The van der Waals surface area contributed by atoms with Gasteiger partial charge in [0.25, 0.3) is 5.91 Å². The molecule has 2 heterocycles. The van der Waals surface area contributed by atoms with Crippen molar-refractivity contribution < 1.29 is 4.79 Å². The Morgan fingerprint density at radius 1 is 1.47 bits per heavy atom. The van der Waals surface area contributed by atoms with E-state index in [0.717, 1.165) is 51.4 Å². The zero-order chi connectivity index (χ0) is 13.7. The van der Waals surface area contributed by atoms with Crippen molar-refractivity contribution in [2.45, 2.75) is 13.3 Å². The number of rotatable bonds is 5. The largest absolute Gasteiger partial charge is 0.352 e. The van der Waals surface area contributed by atoms with E-state index in [-0.39, 0.29) is 5.91 Å². The molecule has 1 aromatic rings. The average Bonchev–Trinajstić information content (AvgIpc) is 2.75. The maximum atomic E-state index is 11.9. The molecule has 0 spiro atoms. The van der Waals surface area contributed by atoms with E-state index in [1.807, 2.05) is 14.0 Å². The summed E-state index contributed by atoms with van der Waals surface area (Å²) in [5.41, 5.74) is 1.45. The molecule has 1 saturated heterocycles. The smallest absolute Gasteiger partial charge is 0.254 e. The van der Waals surface area contributed by atoms with Gasteiger partial charge >= 0.3 is 0 Å². The van der Waals surface area contributed by atoms with Crippen molar-refractivity contribution in [2.75, 3.05) is 39.3 Å². The number of nitrogens with zero attached hydrogens (tertiary/aromatic N) is 3. The Bertz CT molecular complexity index is 423. The maximum absolute atomic E-state index is 11.9. The highest BCUT2D eigenvalue weighted by Crippen LogP contribution is 2.04. The van der Waals surface area contributed by atoms with Gasteiger partial charge in [-0.25, -0.2) is 0 Å². The summed E-state index contributed by atoms with van der Waals surface area (Å²) in [5.74, 6) is -0.0223. The number of hydrogen-bond donors (Lipinski definition) is 2. The van der Waals surface area contributed by atoms with Crippen molar-refractivity contribution in [2.24, 2.45) is 7.05 Å². The third kappa shape index (κ3) is 4.04. The average molecular weight is 265 g/mol. The number of aryl methyl sites for hydroxylation is 2. The second-order valence-electron chi connectivity index (χ2n) is 5.00. The van der Waals surface area contributed by atoms with E-state index in [0.29, 0.717) is 5.56 Å². The fourth-order valence-electron chi connectivity index (χ4n) is 2.36. The van der Waals surface area contributed by atoms with Crippen LogP contribution in [0.25, 0.3) is 0 Å². The van der Waals surface area contributed by atoms with E-state index in [1.54, 1.807) is 10.9 Å². The van der Waals surface area contributed by atoms with E-state index in [9.17, 15) is 4.79 Å². The van der Waals surface area contributed by atoms with Crippen LogP contribution in [-0.2, 0) is 7.05 Å². The molecule has 0 aliphatic carbocycles. The van der Waals surface area contributed by atoms with Gasteiger partial charge in [0, 0.05) is 46.0 Å². The first-order valence-electron chi connectivity index (χ1n) is 6.88. The molecule has 1 aromatic heterocycles. The van der Waals surface area contributed by atoms with Crippen LogP contribution in [0.1, 0.15) is 22.5 Å². The fraction of sp³-hybridized carbons (Fsp3) is 0.692.